The molecule has 2 aromatic carbocycles. The first-order valence-electron chi connectivity index (χ1n) is 7.84. The number of H-pyrrole nitrogens is 1. The lowest BCUT2D eigenvalue weighted by molar-refractivity contribution is -0.144. The van der Waals surface area contributed by atoms with Crippen LogP contribution in [0.25, 0.3) is 10.9 Å². The number of carboxylic acid groups (broad SMARTS) is 1. The molecule has 0 saturated carbocycles. The number of hydrogen-bond donors (Lipinski definition) is 2. The Hall–Kier alpha value is -2.95. The van der Waals surface area contributed by atoms with Crippen molar-refractivity contribution in [1.82, 2.24) is 9.66 Å². The number of benzene rings is 2. The molecule has 0 spiro atoms. The lowest BCUT2D eigenvalue weighted by atomic mass is 10.2. The molecule has 0 aliphatic carbocycles. The molecule has 9 heteroatoms. The summed E-state index contributed by atoms with van der Waals surface area (Å²) in [5, 5.41) is 13.3. The van der Waals surface area contributed by atoms with Crippen LogP contribution in [0.5, 0.6) is 5.75 Å². The van der Waals surface area contributed by atoms with Gasteiger partial charge in [-0.15, -0.1) is 4.68 Å². The molecular formula is C18H14IN3O5. The van der Waals surface area contributed by atoms with Crippen LogP contribution >= 0.6 is 22.6 Å². The van der Waals surface area contributed by atoms with Crippen molar-refractivity contribution in [2.24, 2.45) is 5.10 Å². The normalized spacial score (nSPS) is 12.4. The van der Waals surface area contributed by atoms with Crippen LogP contribution < -0.4 is 16.0 Å². The number of halogens is 1. The Morgan fingerprint density at radius 2 is 2.04 bits per heavy atom. The number of aromatic nitrogens is 2. The largest absolute Gasteiger partial charge is 0.479 e. The average molecular weight is 479 g/mol. The first-order chi connectivity index (χ1) is 12.9. The first kappa shape index (κ1) is 18.8. The quantitative estimate of drug-likeness (QED) is 0.430. The van der Waals surface area contributed by atoms with Gasteiger partial charge in [-0.25, -0.2) is 9.59 Å². The summed E-state index contributed by atoms with van der Waals surface area (Å²) in [6.07, 6.45) is 0.394. The van der Waals surface area contributed by atoms with Gasteiger partial charge in [-0.05, 0) is 65.4 Å². The Morgan fingerprint density at radius 3 is 2.74 bits per heavy atom. The summed E-state index contributed by atoms with van der Waals surface area (Å²) in [6, 6.07) is 11.6. The number of nitrogens with zero attached hydrogens (tertiary/aromatic N) is 2. The summed E-state index contributed by atoms with van der Waals surface area (Å²) >= 11 is 2.01. The topological polar surface area (TPSA) is 114 Å². The molecule has 2 N–H and O–H groups in total. The second-order valence-electron chi connectivity index (χ2n) is 5.63. The Bertz CT molecular complexity index is 1170. The van der Waals surface area contributed by atoms with Crippen LogP contribution in [-0.4, -0.2) is 33.1 Å². The molecular weight excluding hydrogens is 465 g/mol. The van der Waals surface area contributed by atoms with E-state index in [1.54, 1.807) is 42.5 Å². The molecule has 0 amide bonds. The van der Waals surface area contributed by atoms with Crippen molar-refractivity contribution in [3.8, 4) is 5.75 Å². The summed E-state index contributed by atoms with van der Waals surface area (Å²) in [5.74, 6) is -0.644. The van der Waals surface area contributed by atoms with Gasteiger partial charge in [0.05, 0.1) is 20.7 Å². The molecule has 0 radical (unpaired) electrons. The third-order valence-corrected chi connectivity index (χ3v) is 4.56. The minimum absolute atomic E-state index is 0.357. The summed E-state index contributed by atoms with van der Waals surface area (Å²) in [5.41, 5.74) is -0.0906. The maximum atomic E-state index is 12.4. The third kappa shape index (κ3) is 4.08. The van der Waals surface area contributed by atoms with E-state index >= 15 is 0 Å². The predicted molar refractivity (Wildman–Crippen MR) is 109 cm³/mol. The van der Waals surface area contributed by atoms with Crippen LogP contribution in [0.4, 0.5) is 0 Å². The number of hydrogen-bond acceptors (Lipinski definition) is 5. The van der Waals surface area contributed by atoms with Crippen LogP contribution in [0, 0.1) is 3.57 Å². The van der Waals surface area contributed by atoms with Crippen molar-refractivity contribution in [3.05, 3.63) is 72.4 Å². The van der Waals surface area contributed by atoms with Gasteiger partial charge in [-0.2, -0.15) is 5.10 Å². The highest BCUT2D eigenvalue weighted by atomic mass is 127. The number of nitrogens with one attached hydrogen (secondary N) is 1. The summed E-state index contributed by atoms with van der Waals surface area (Å²) in [7, 11) is 0. The molecule has 0 unspecified atom stereocenters. The first-order valence-corrected chi connectivity index (χ1v) is 8.92. The molecule has 0 saturated heterocycles. The Kier molecular flexibility index (Phi) is 5.40. The lowest BCUT2D eigenvalue weighted by Crippen LogP contribution is -2.32. The minimum atomic E-state index is -1.06. The Balaban J connectivity index is 1.92. The van der Waals surface area contributed by atoms with Crippen molar-refractivity contribution in [1.29, 1.82) is 0 Å². The van der Waals surface area contributed by atoms with Gasteiger partial charge in [-0.3, -0.25) is 4.79 Å². The van der Waals surface area contributed by atoms with E-state index in [2.05, 4.69) is 10.1 Å². The maximum absolute atomic E-state index is 12.4. The fourth-order valence-electron chi connectivity index (χ4n) is 2.32. The Morgan fingerprint density at radius 1 is 1.30 bits per heavy atom. The van der Waals surface area contributed by atoms with Crippen molar-refractivity contribution >= 4 is 45.7 Å². The monoisotopic (exact) mass is 479 g/mol. The van der Waals surface area contributed by atoms with Gasteiger partial charge >= 0.3 is 11.7 Å². The number of rotatable bonds is 5. The minimum Gasteiger partial charge on any atom is -0.479 e. The van der Waals surface area contributed by atoms with Crippen molar-refractivity contribution < 1.29 is 14.6 Å². The lowest BCUT2D eigenvalue weighted by Gasteiger charge is -2.12. The van der Waals surface area contributed by atoms with Gasteiger partial charge in [0, 0.05) is 0 Å². The van der Waals surface area contributed by atoms with E-state index in [9.17, 15) is 14.4 Å². The van der Waals surface area contributed by atoms with Gasteiger partial charge in [0.15, 0.2) is 6.10 Å². The third-order valence-electron chi connectivity index (χ3n) is 3.71. The highest BCUT2D eigenvalue weighted by Crippen LogP contribution is 2.22. The smallest absolute Gasteiger partial charge is 0.349 e. The SMILES string of the molecule is C[C@H](Oc1ccc(C=Nn2c(=O)[nH]c3ccccc3c2=O)cc1I)C(=O)O. The molecule has 3 rings (SSSR count). The zero-order valence-electron chi connectivity index (χ0n) is 14.0. The second kappa shape index (κ2) is 7.74. The molecule has 0 aliphatic heterocycles. The highest BCUT2D eigenvalue weighted by Gasteiger charge is 2.14. The van der Waals surface area contributed by atoms with E-state index < -0.39 is 23.3 Å². The van der Waals surface area contributed by atoms with Crippen molar-refractivity contribution in [2.75, 3.05) is 0 Å². The van der Waals surface area contributed by atoms with E-state index in [1.165, 1.54) is 13.1 Å². The van der Waals surface area contributed by atoms with Gasteiger partial charge in [0.25, 0.3) is 5.56 Å². The molecule has 0 fully saturated rings. The second-order valence-corrected chi connectivity index (χ2v) is 6.79. The van der Waals surface area contributed by atoms with Crippen molar-refractivity contribution in [3.63, 3.8) is 0 Å². The van der Waals surface area contributed by atoms with Crippen LogP contribution in [0.1, 0.15) is 12.5 Å². The molecule has 138 valence electrons. The number of para-hydroxylation sites is 1. The molecule has 1 aromatic heterocycles. The van der Waals surface area contributed by atoms with E-state index in [1.807, 2.05) is 22.6 Å². The van der Waals surface area contributed by atoms with Gasteiger partial charge in [0.1, 0.15) is 5.75 Å². The standard InChI is InChI=1S/C18H14IN3O5/c1-10(17(24)25)27-15-7-6-11(8-13(15)19)9-20-22-16(23)12-4-2-3-5-14(12)21-18(22)26/h2-10H,1H3,(H,21,26)(H,24,25)/t10-/m0/s1. The number of carbonyl (C=O) groups is 1. The van der Waals surface area contributed by atoms with E-state index in [0.29, 0.717) is 25.8 Å². The summed E-state index contributed by atoms with van der Waals surface area (Å²) < 4.78 is 6.78. The molecule has 0 aliphatic rings. The fourth-order valence-corrected chi connectivity index (χ4v) is 2.98. The van der Waals surface area contributed by atoms with Gasteiger partial charge < -0.3 is 14.8 Å². The van der Waals surface area contributed by atoms with E-state index in [-0.39, 0.29) is 0 Å². The molecule has 1 atom stereocenters. The molecule has 8 nitrogen and oxygen atoms in total. The molecule has 3 aromatic rings. The number of aromatic amines is 1. The molecule has 1 heterocycles. The zero-order valence-corrected chi connectivity index (χ0v) is 16.2. The van der Waals surface area contributed by atoms with E-state index in [0.717, 1.165) is 4.68 Å². The van der Waals surface area contributed by atoms with Crippen LogP contribution in [0.2, 0.25) is 0 Å². The molecule has 0 bridgehead atoms. The number of ether oxygens (including phenoxy) is 1. The van der Waals surface area contributed by atoms with Gasteiger partial charge in [-0.1, -0.05) is 12.1 Å². The maximum Gasteiger partial charge on any atom is 0.349 e. The number of carboxylic acids is 1. The van der Waals surface area contributed by atoms with E-state index in [4.69, 9.17) is 9.84 Å². The number of fused-ring (bicyclic) bond motifs is 1. The van der Waals surface area contributed by atoms with Gasteiger partial charge in [0.2, 0.25) is 0 Å². The fraction of sp³-hybridized carbons (Fsp3) is 0.111. The average Bonchev–Trinajstić information content (AvgIpc) is 2.63. The zero-order chi connectivity index (χ0) is 19.6. The van der Waals surface area contributed by atoms with Crippen molar-refractivity contribution in [2.45, 2.75) is 13.0 Å². The highest BCUT2D eigenvalue weighted by molar-refractivity contribution is 14.1. The predicted octanol–water partition coefficient (Wildman–Crippen LogP) is 2.03. The van der Waals surface area contributed by atoms with Crippen LogP contribution in [0.3, 0.4) is 0 Å². The molecule has 27 heavy (non-hydrogen) atoms. The summed E-state index contributed by atoms with van der Waals surface area (Å²) in [4.78, 5) is 38.0. The number of aliphatic carboxylic acids is 1. The van der Waals surface area contributed by atoms with Crippen LogP contribution in [-0.2, 0) is 4.79 Å². The van der Waals surface area contributed by atoms with Crippen LogP contribution in [0.15, 0.2) is 57.2 Å². The Labute approximate surface area is 166 Å². The summed E-state index contributed by atoms with van der Waals surface area (Å²) in [6.45, 7) is 1.44.